The van der Waals surface area contributed by atoms with E-state index >= 15 is 0 Å². The van der Waals surface area contributed by atoms with E-state index in [9.17, 15) is 4.39 Å². The molecule has 1 nitrogen and oxygen atoms in total. The van der Waals surface area contributed by atoms with Crippen molar-refractivity contribution >= 4 is 12.0 Å². The van der Waals surface area contributed by atoms with Crippen molar-refractivity contribution in [2.45, 2.75) is 5.25 Å². The lowest BCUT2D eigenvalue weighted by Gasteiger charge is -2.19. The minimum Gasteiger partial charge on any atom is -0.313 e. The van der Waals surface area contributed by atoms with E-state index in [-0.39, 0.29) is 11.9 Å². The molecule has 0 aromatic carbocycles. The highest BCUT2D eigenvalue weighted by molar-refractivity contribution is 7.96. The first-order valence-corrected chi connectivity index (χ1v) is 2.58. The Balaban J connectivity index is 2.01. The van der Waals surface area contributed by atoms with Gasteiger partial charge in [0, 0.05) is 0 Å². The van der Waals surface area contributed by atoms with E-state index in [0.717, 1.165) is 0 Å². The lowest BCUT2D eigenvalue weighted by atomic mass is 10.5. The van der Waals surface area contributed by atoms with Crippen LogP contribution in [0.25, 0.3) is 0 Å². The average molecular weight is 108 g/mol. The van der Waals surface area contributed by atoms with Gasteiger partial charge in [0.25, 0.3) is 0 Å². The monoisotopic (exact) mass is 108 g/mol. The Bertz CT molecular complexity index is 43.3. The summed E-state index contributed by atoms with van der Waals surface area (Å²) in [6.45, 7) is 0.353. The van der Waals surface area contributed by atoms with E-state index in [1.54, 1.807) is 0 Å². The quantitative estimate of drug-likeness (QED) is 0.463. The van der Waals surface area contributed by atoms with Crippen LogP contribution in [0.15, 0.2) is 0 Å². The van der Waals surface area contributed by atoms with Gasteiger partial charge in [0.2, 0.25) is 0 Å². The molecule has 0 aliphatic carbocycles. The molecule has 3 heteroatoms. The number of halogens is 1. The first-order chi connectivity index (χ1) is 2.93. The van der Waals surface area contributed by atoms with Gasteiger partial charge in [0.15, 0.2) is 0 Å². The normalized spacial score (nSPS) is 32.5. The highest BCUT2D eigenvalue weighted by Gasteiger charge is 2.18. The van der Waals surface area contributed by atoms with Crippen molar-refractivity contribution in [1.82, 2.24) is 0 Å². The van der Waals surface area contributed by atoms with Crippen molar-refractivity contribution in [2.75, 3.05) is 13.3 Å². The van der Waals surface area contributed by atoms with Crippen molar-refractivity contribution in [1.29, 1.82) is 0 Å². The molecule has 0 aromatic rings. The van der Waals surface area contributed by atoms with Gasteiger partial charge in [-0.25, -0.2) is 4.39 Å². The van der Waals surface area contributed by atoms with E-state index in [4.69, 9.17) is 0 Å². The molecule has 1 fully saturated rings. The van der Waals surface area contributed by atoms with Crippen LogP contribution in [0.1, 0.15) is 0 Å². The third-order valence-corrected chi connectivity index (χ3v) is 1.44. The van der Waals surface area contributed by atoms with E-state index < -0.39 is 0 Å². The van der Waals surface area contributed by atoms with Crippen molar-refractivity contribution in [3.8, 4) is 0 Å². The molecule has 0 bridgehead atoms. The molecule has 1 aliphatic heterocycles. The second-order valence-corrected chi connectivity index (χ2v) is 2.25. The third-order valence-electron chi connectivity index (χ3n) is 0.630. The smallest absolute Gasteiger partial charge is 0.106 e. The molecule has 0 amide bonds. The van der Waals surface area contributed by atoms with E-state index in [2.05, 4.69) is 4.18 Å². The van der Waals surface area contributed by atoms with E-state index in [1.807, 2.05) is 0 Å². The summed E-state index contributed by atoms with van der Waals surface area (Å²) in [7, 11) is 0. The van der Waals surface area contributed by atoms with Gasteiger partial charge < -0.3 is 4.18 Å². The maximum Gasteiger partial charge on any atom is 0.106 e. The Labute approximate surface area is 40.1 Å². The Kier molecular flexibility index (Phi) is 1.32. The van der Waals surface area contributed by atoms with Crippen LogP contribution in [0.3, 0.4) is 0 Å². The molecule has 0 aromatic heterocycles. The molecular weight excluding hydrogens is 103 g/mol. The Morgan fingerprint density at radius 2 is 2.67 bits per heavy atom. The summed E-state index contributed by atoms with van der Waals surface area (Å²) in [6, 6.07) is 0. The zero-order chi connectivity index (χ0) is 4.41. The highest BCUT2D eigenvalue weighted by Crippen LogP contribution is 2.23. The second kappa shape index (κ2) is 1.80. The number of hydrogen-bond donors (Lipinski definition) is 0. The van der Waals surface area contributed by atoms with Crippen molar-refractivity contribution in [3.63, 3.8) is 0 Å². The molecule has 6 heavy (non-hydrogen) atoms. The van der Waals surface area contributed by atoms with Crippen LogP contribution in [0.2, 0.25) is 0 Å². The summed E-state index contributed by atoms with van der Waals surface area (Å²) < 4.78 is 15.9. The van der Waals surface area contributed by atoms with Gasteiger partial charge in [-0.3, -0.25) is 0 Å². The van der Waals surface area contributed by atoms with Gasteiger partial charge in [0.1, 0.15) is 6.67 Å². The Hall–Kier alpha value is 0.240. The van der Waals surface area contributed by atoms with Crippen LogP contribution in [0.4, 0.5) is 4.39 Å². The van der Waals surface area contributed by atoms with Crippen molar-refractivity contribution < 1.29 is 8.57 Å². The molecule has 0 spiro atoms. The minimum absolute atomic E-state index is 0.144. The molecule has 0 N–H and O–H groups in total. The van der Waals surface area contributed by atoms with Crippen molar-refractivity contribution in [2.24, 2.45) is 0 Å². The lowest BCUT2D eigenvalue weighted by Crippen LogP contribution is -2.21. The van der Waals surface area contributed by atoms with Gasteiger partial charge >= 0.3 is 0 Å². The molecule has 1 saturated heterocycles. The summed E-state index contributed by atoms with van der Waals surface area (Å²) >= 11 is 1.23. The zero-order valence-electron chi connectivity index (χ0n) is 3.19. The fourth-order valence-corrected chi connectivity index (χ4v) is 0.614. The van der Waals surface area contributed by atoms with Crippen LogP contribution >= 0.6 is 12.0 Å². The molecule has 1 rings (SSSR count). The predicted molar refractivity (Wildman–Crippen MR) is 23.3 cm³/mol. The molecule has 0 saturated carbocycles. The molecule has 1 unspecified atom stereocenters. The highest BCUT2D eigenvalue weighted by atomic mass is 32.2. The maximum atomic E-state index is 11.3. The SMILES string of the molecule is FCC1COS1. The van der Waals surface area contributed by atoms with Gasteiger partial charge in [-0.2, -0.15) is 0 Å². The van der Waals surface area contributed by atoms with Gasteiger partial charge in [-0.15, -0.1) is 0 Å². The molecule has 1 atom stereocenters. The number of alkyl halides is 1. The maximum absolute atomic E-state index is 11.3. The Morgan fingerprint density at radius 1 is 2.00 bits per heavy atom. The summed E-state index contributed by atoms with van der Waals surface area (Å²) in [5, 5.41) is 0.144. The van der Waals surface area contributed by atoms with Gasteiger partial charge in [-0.1, -0.05) is 0 Å². The van der Waals surface area contributed by atoms with Crippen LogP contribution in [-0.4, -0.2) is 18.5 Å². The summed E-state index contributed by atoms with van der Waals surface area (Å²) in [5.41, 5.74) is 0. The zero-order valence-corrected chi connectivity index (χ0v) is 4.00. The molecule has 1 aliphatic rings. The lowest BCUT2D eigenvalue weighted by molar-refractivity contribution is 0.282. The topological polar surface area (TPSA) is 9.23 Å². The molecular formula is C3H5FOS. The van der Waals surface area contributed by atoms with Gasteiger partial charge in [0.05, 0.1) is 11.9 Å². The first kappa shape index (κ1) is 4.40. The summed E-state index contributed by atoms with van der Waals surface area (Å²) in [6.07, 6.45) is 0. The van der Waals surface area contributed by atoms with Crippen LogP contribution in [0.5, 0.6) is 0 Å². The molecule has 0 radical (unpaired) electrons. The van der Waals surface area contributed by atoms with Crippen LogP contribution < -0.4 is 0 Å². The number of hydrogen-bond acceptors (Lipinski definition) is 2. The van der Waals surface area contributed by atoms with Crippen LogP contribution in [0, 0.1) is 0 Å². The fraction of sp³-hybridized carbons (Fsp3) is 1.00. The average Bonchev–Trinajstić information content (AvgIpc) is 1.31. The van der Waals surface area contributed by atoms with Gasteiger partial charge in [-0.05, 0) is 12.0 Å². The Morgan fingerprint density at radius 3 is 2.67 bits per heavy atom. The van der Waals surface area contributed by atoms with E-state index in [0.29, 0.717) is 6.61 Å². The third kappa shape index (κ3) is 0.656. The molecule has 1 heterocycles. The largest absolute Gasteiger partial charge is 0.313 e. The standard InChI is InChI=1S/C3H5FOS/c4-1-3-2-5-6-3/h3H,1-2H2. The van der Waals surface area contributed by atoms with E-state index in [1.165, 1.54) is 12.0 Å². The fourth-order valence-electron chi connectivity index (χ4n) is 0.235. The summed E-state index contributed by atoms with van der Waals surface area (Å²) in [5.74, 6) is 0. The minimum atomic E-state index is -0.245. The second-order valence-electron chi connectivity index (χ2n) is 1.16. The number of rotatable bonds is 1. The summed E-state index contributed by atoms with van der Waals surface area (Å²) in [4.78, 5) is 0. The molecule has 36 valence electrons. The predicted octanol–water partition coefficient (Wildman–Crippen LogP) is 1.00. The van der Waals surface area contributed by atoms with Crippen molar-refractivity contribution in [3.05, 3.63) is 0 Å². The van der Waals surface area contributed by atoms with Crippen LogP contribution in [-0.2, 0) is 4.18 Å². The first-order valence-electron chi connectivity index (χ1n) is 1.77.